The van der Waals surface area contributed by atoms with Crippen molar-refractivity contribution in [2.24, 2.45) is 0 Å². The number of urea groups is 1. The number of nitrogens with zero attached hydrogens (tertiary/aromatic N) is 1. The zero-order chi connectivity index (χ0) is 18.5. The second kappa shape index (κ2) is 7.91. The SMILES string of the molecule is COc1ccccc1CN(C)C(=O)c1ccc(NC(=O)NC2CC2)cc1. The molecule has 3 rings (SSSR count). The summed E-state index contributed by atoms with van der Waals surface area (Å²) < 4.78 is 5.33. The molecule has 1 saturated carbocycles. The van der Waals surface area contributed by atoms with Crippen molar-refractivity contribution in [3.8, 4) is 5.75 Å². The lowest BCUT2D eigenvalue weighted by atomic mass is 10.1. The van der Waals surface area contributed by atoms with E-state index in [4.69, 9.17) is 4.74 Å². The van der Waals surface area contributed by atoms with Crippen molar-refractivity contribution in [1.29, 1.82) is 0 Å². The predicted octanol–water partition coefficient (Wildman–Crippen LogP) is 3.25. The number of carbonyl (C=O) groups excluding carboxylic acids is 2. The quantitative estimate of drug-likeness (QED) is 0.837. The lowest BCUT2D eigenvalue weighted by molar-refractivity contribution is 0.0784. The second-order valence-corrected chi connectivity index (χ2v) is 6.42. The van der Waals surface area contributed by atoms with Gasteiger partial charge in [-0.25, -0.2) is 4.79 Å². The average Bonchev–Trinajstić information content (AvgIpc) is 3.46. The smallest absolute Gasteiger partial charge is 0.319 e. The van der Waals surface area contributed by atoms with Gasteiger partial charge in [0.1, 0.15) is 5.75 Å². The Morgan fingerprint density at radius 2 is 1.81 bits per heavy atom. The maximum Gasteiger partial charge on any atom is 0.319 e. The normalized spacial score (nSPS) is 13.0. The first-order chi connectivity index (χ1) is 12.6. The highest BCUT2D eigenvalue weighted by Crippen LogP contribution is 2.21. The van der Waals surface area contributed by atoms with Gasteiger partial charge in [0.15, 0.2) is 0 Å². The van der Waals surface area contributed by atoms with E-state index in [1.54, 1.807) is 43.3 Å². The molecule has 2 N–H and O–H groups in total. The summed E-state index contributed by atoms with van der Waals surface area (Å²) in [6.45, 7) is 0.451. The van der Waals surface area contributed by atoms with Gasteiger partial charge in [0, 0.05) is 36.4 Å². The summed E-state index contributed by atoms with van der Waals surface area (Å²) in [5, 5.41) is 5.63. The Balaban J connectivity index is 1.60. The number of benzene rings is 2. The summed E-state index contributed by atoms with van der Waals surface area (Å²) in [6.07, 6.45) is 2.08. The lowest BCUT2D eigenvalue weighted by Gasteiger charge is -2.19. The van der Waals surface area contributed by atoms with Crippen molar-refractivity contribution in [3.05, 3.63) is 59.7 Å². The van der Waals surface area contributed by atoms with Crippen LogP contribution in [0.5, 0.6) is 5.75 Å². The molecule has 6 nitrogen and oxygen atoms in total. The third kappa shape index (κ3) is 4.53. The molecular formula is C20H23N3O3. The molecule has 0 unspecified atom stereocenters. The highest BCUT2D eigenvalue weighted by molar-refractivity contribution is 5.95. The van der Waals surface area contributed by atoms with E-state index in [9.17, 15) is 9.59 Å². The van der Waals surface area contributed by atoms with Gasteiger partial charge in [-0.3, -0.25) is 4.79 Å². The minimum absolute atomic E-state index is 0.0927. The van der Waals surface area contributed by atoms with Gasteiger partial charge in [-0.2, -0.15) is 0 Å². The van der Waals surface area contributed by atoms with Gasteiger partial charge in [0.05, 0.1) is 7.11 Å². The number of nitrogens with one attached hydrogen (secondary N) is 2. The number of rotatable bonds is 6. The largest absolute Gasteiger partial charge is 0.496 e. The third-order valence-corrected chi connectivity index (χ3v) is 4.25. The third-order valence-electron chi connectivity index (χ3n) is 4.25. The van der Waals surface area contributed by atoms with Gasteiger partial charge in [-0.1, -0.05) is 18.2 Å². The molecule has 1 aliphatic rings. The van der Waals surface area contributed by atoms with Crippen LogP contribution >= 0.6 is 0 Å². The van der Waals surface area contributed by atoms with Crippen molar-refractivity contribution in [2.45, 2.75) is 25.4 Å². The summed E-state index contributed by atoms with van der Waals surface area (Å²) >= 11 is 0. The van der Waals surface area contributed by atoms with Gasteiger partial charge < -0.3 is 20.3 Å². The van der Waals surface area contributed by atoms with Crippen molar-refractivity contribution >= 4 is 17.6 Å². The molecular weight excluding hydrogens is 330 g/mol. The number of ether oxygens (including phenoxy) is 1. The van der Waals surface area contributed by atoms with Crippen LogP contribution < -0.4 is 15.4 Å². The first-order valence-electron chi connectivity index (χ1n) is 8.62. The fourth-order valence-electron chi connectivity index (χ4n) is 2.66. The second-order valence-electron chi connectivity index (χ2n) is 6.42. The van der Waals surface area contributed by atoms with Gasteiger partial charge in [0.25, 0.3) is 5.91 Å². The zero-order valence-electron chi connectivity index (χ0n) is 15.0. The van der Waals surface area contributed by atoms with Crippen LogP contribution in [0, 0.1) is 0 Å². The number of hydrogen-bond donors (Lipinski definition) is 2. The zero-order valence-corrected chi connectivity index (χ0v) is 15.0. The van der Waals surface area contributed by atoms with E-state index >= 15 is 0 Å². The molecule has 0 aliphatic heterocycles. The number of hydrogen-bond acceptors (Lipinski definition) is 3. The van der Waals surface area contributed by atoms with E-state index in [2.05, 4.69) is 10.6 Å². The molecule has 2 aromatic carbocycles. The van der Waals surface area contributed by atoms with E-state index < -0.39 is 0 Å². The summed E-state index contributed by atoms with van der Waals surface area (Å²) in [5.74, 6) is 0.665. The van der Waals surface area contributed by atoms with Gasteiger partial charge >= 0.3 is 6.03 Å². The van der Waals surface area contributed by atoms with Crippen LogP contribution in [-0.2, 0) is 6.54 Å². The molecule has 26 heavy (non-hydrogen) atoms. The van der Waals surface area contributed by atoms with Crippen molar-refractivity contribution in [2.75, 3.05) is 19.5 Å². The van der Waals surface area contributed by atoms with Gasteiger partial charge in [-0.05, 0) is 43.2 Å². The Morgan fingerprint density at radius 1 is 1.12 bits per heavy atom. The van der Waals surface area contributed by atoms with Crippen LogP contribution in [0.25, 0.3) is 0 Å². The van der Waals surface area contributed by atoms with E-state index in [0.29, 0.717) is 23.8 Å². The molecule has 136 valence electrons. The Morgan fingerprint density at radius 3 is 2.46 bits per heavy atom. The molecule has 2 aromatic rings. The maximum absolute atomic E-state index is 12.6. The Kier molecular flexibility index (Phi) is 5.41. The summed E-state index contributed by atoms with van der Waals surface area (Å²) in [4.78, 5) is 26.0. The number of methoxy groups -OCH3 is 1. The molecule has 0 saturated heterocycles. The van der Waals surface area contributed by atoms with Crippen LogP contribution in [0.1, 0.15) is 28.8 Å². The van der Waals surface area contributed by atoms with Gasteiger partial charge in [-0.15, -0.1) is 0 Å². The summed E-state index contributed by atoms with van der Waals surface area (Å²) in [6, 6.07) is 14.6. The first kappa shape index (κ1) is 17.8. The number of carbonyl (C=O) groups is 2. The van der Waals surface area contributed by atoms with Crippen LogP contribution in [0.4, 0.5) is 10.5 Å². The monoisotopic (exact) mass is 353 g/mol. The van der Waals surface area contributed by atoms with Crippen LogP contribution in [0.2, 0.25) is 0 Å². The molecule has 6 heteroatoms. The van der Waals surface area contributed by atoms with Crippen LogP contribution in [0.15, 0.2) is 48.5 Å². The van der Waals surface area contributed by atoms with Crippen molar-refractivity contribution in [1.82, 2.24) is 10.2 Å². The lowest BCUT2D eigenvalue weighted by Crippen LogP contribution is -2.30. The van der Waals surface area contributed by atoms with Crippen molar-refractivity contribution in [3.63, 3.8) is 0 Å². The van der Waals surface area contributed by atoms with E-state index in [1.165, 1.54) is 0 Å². The van der Waals surface area contributed by atoms with Crippen molar-refractivity contribution < 1.29 is 14.3 Å². The minimum Gasteiger partial charge on any atom is -0.496 e. The van der Waals surface area contributed by atoms with E-state index in [-0.39, 0.29) is 11.9 Å². The van der Waals surface area contributed by atoms with E-state index in [0.717, 1.165) is 24.2 Å². The molecule has 0 spiro atoms. The molecule has 0 aromatic heterocycles. The molecule has 3 amide bonds. The highest BCUT2D eigenvalue weighted by Gasteiger charge is 2.23. The van der Waals surface area contributed by atoms with Crippen LogP contribution in [-0.4, -0.2) is 37.0 Å². The summed E-state index contributed by atoms with van der Waals surface area (Å²) in [7, 11) is 3.37. The fourth-order valence-corrected chi connectivity index (χ4v) is 2.66. The summed E-state index contributed by atoms with van der Waals surface area (Å²) in [5.41, 5.74) is 2.17. The standard InChI is InChI=1S/C20H23N3O3/c1-23(13-15-5-3-4-6-18(15)26-2)19(24)14-7-9-16(10-8-14)21-20(25)22-17-11-12-17/h3-10,17H,11-13H2,1-2H3,(H2,21,22,25). The number of amides is 3. The topological polar surface area (TPSA) is 70.7 Å². The molecule has 1 aliphatic carbocycles. The Bertz CT molecular complexity index is 785. The van der Waals surface area contributed by atoms with Gasteiger partial charge in [0.2, 0.25) is 0 Å². The van der Waals surface area contributed by atoms with Crippen LogP contribution in [0.3, 0.4) is 0 Å². The average molecular weight is 353 g/mol. The number of anilines is 1. The molecule has 0 atom stereocenters. The molecule has 0 radical (unpaired) electrons. The fraction of sp³-hybridized carbons (Fsp3) is 0.300. The minimum atomic E-state index is -0.208. The number of para-hydroxylation sites is 1. The molecule has 0 bridgehead atoms. The Labute approximate surface area is 153 Å². The molecule has 1 fully saturated rings. The van der Waals surface area contributed by atoms with E-state index in [1.807, 2.05) is 24.3 Å². The molecule has 0 heterocycles. The highest BCUT2D eigenvalue weighted by atomic mass is 16.5. The Hall–Kier alpha value is -3.02. The maximum atomic E-state index is 12.6. The first-order valence-corrected chi connectivity index (χ1v) is 8.62. The predicted molar refractivity (Wildman–Crippen MR) is 100 cm³/mol.